The van der Waals surface area contributed by atoms with Crippen molar-refractivity contribution in [1.29, 1.82) is 5.26 Å². The van der Waals surface area contributed by atoms with Gasteiger partial charge in [0.25, 0.3) is 0 Å². The van der Waals surface area contributed by atoms with Gasteiger partial charge < -0.3 is 17.2 Å². The maximum Gasteiger partial charge on any atom is 0.309 e. The first-order valence-corrected chi connectivity index (χ1v) is 2.20. The van der Waals surface area contributed by atoms with Gasteiger partial charge in [-0.1, -0.05) is 0 Å². The van der Waals surface area contributed by atoms with Gasteiger partial charge in [-0.2, -0.15) is 5.26 Å². The first kappa shape index (κ1) is 11.1. The van der Waals surface area contributed by atoms with E-state index in [4.69, 9.17) is 10.1 Å². The second-order valence-corrected chi connectivity index (χ2v) is 1.20. The Kier molecular flexibility index (Phi) is 8.01. The van der Waals surface area contributed by atoms with Gasteiger partial charge in [-0.15, -0.1) is 0 Å². The van der Waals surface area contributed by atoms with Crippen LogP contribution in [0.3, 0.4) is 0 Å². The molecule has 0 rings (SSSR count). The second kappa shape index (κ2) is 7.23. The first-order valence-electron chi connectivity index (χ1n) is 2.20. The largest absolute Gasteiger partial charge is 0.369 e. The molecular weight excluding hydrogens is 136 g/mol. The topological polar surface area (TPSA) is 136 Å². The fourth-order valence-corrected chi connectivity index (χ4v) is 0.0779. The minimum absolute atomic E-state index is 0.181. The van der Waals surface area contributed by atoms with Crippen molar-refractivity contribution >= 4 is 11.9 Å². The van der Waals surface area contributed by atoms with Gasteiger partial charge in [-0.3, -0.25) is 4.79 Å². The van der Waals surface area contributed by atoms with E-state index in [0.717, 1.165) is 0 Å². The van der Waals surface area contributed by atoms with Crippen LogP contribution in [0.5, 0.6) is 0 Å². The summed E-state index contributed by atoms with van der Waals surface area (Å²) in [6.07, 6.45) is -0.181. The number of nitrogens with two attached hydrogens (primary N) is 3. The number of rotatable bonds is 1. The lowest BCUT2D eigenvalue weighted by atomic mass is 10.5. The zero-order chi connectivity index (χ0) is 8.57. The smallest absolute Gasteiger partial charge is 0.309 e. The van der Waals surface area contributed by atoms with E-state index in [9.17, 15) is 4.79 Å². The number of carbonyl (C=O) groups excluding carboxylic acids is 2. The van der Waals surface area contributed by atoms with E-state index in [1.54, 1.807) is 6.07 Å². The summed E-state index contributed by atoms with van der Waals surface area (Å²) in [7, 11) is 0. The van der Waals surface area contributed by atoms with Crippen LogP contribution in [0.4, 0.5) is 4.79 Å². The number of urea groups is 1. The first-order chi connectivity index (χ1) is 4.50. The zero-order valence-electron chi connectivity index (χ0n) is 5.20. The highest BCUT2D eigenvalue weighted by Crippen LogP contribution is 1.64. The number of carbonyl (C=O) groups is 2. The number of nitriles is 1. The van der Waals surface area contributed by atoms with Crippen molar-refractivity contribution in [3.05, 3.63) is 0 Å². The van der Waals surface area contributed by atoms with Crippen LogP contribution in [-0.2, 0) is 4.79 Å². The van der Waals surface area contributed by atoms with Crippen molar-refractivity contribution in [2.24, 2.45) is 17.2 Å². The Morgan fingerprint density at radius 2 is 1.60 bits per heavy atom. The molecule has 0 radical (unpaired) electrons. The number of hydrogen-bond donors (Lipinski definition) is 3. The summed E-state index contributed by atoms with van der Waals surface area (Å²) in [5.41, 5.74) is 13.0. The highest BCUT2D eigenvalue weighted by Gasteiger charge is 1.84. The second-order valence-electron chi connectivity index (χ2n) is 1.20. The minimum atomic E-state index is -0.833. The summed E-state index contributed by atoms with van der Waals surface area (Å²) >= 11 is 0. The summed E-state index contributed by atoms with van der Waals surface area (Å²) in [6.45, 7) is 0. The number of nitrogens with zero attached hydrogens (tertiary/aromatic N) is 1. The number of primary amides is 3. The van der Waals surface area contributed by atoms with Gasteiger partial charge in [-0.05, 0) is 0 Å². The van der Waals surface area contributed by atoms with Crippen molar-refractivity contribution in [1.82, 2.24) is 0 Å². The van der Waals surface area contributed by atoms with Crippen molar-refractivity contribution in [3.63, 3.8) is 0 Å². The third-order valence-corrected chi connectivity index (χ3v) is 0.253. The van der Waals surface area contributed by atoms with Crippen molar-refractivity contribution in [3.8, 4) is 6.07 Å². The molecule has 0 atom stereocenters. The molecule has 0 saturated heterocycles. The molecule has 6 heteroatoms. The molecule has 0 aliphatic rings. The van der Waals surface area contributed by atoms with Crippen LogP contribution in [0.25, 0.3) is 0 Å². The van der Waals surface area contributed by atoms with Crippen LogP contribution in [-0.4, -0.2) is 11.9 Å². The molecule has 10 heavy (non-hydrogen) atoms. The van der Waals surface area contributed by atoms with E-state index in [-0.39, 0.29) is 6.42 Å². The predicted molar refractivity (Wildman–Crippen MR) is 33.2 cm³/mol. The lowest BCUT2D eigenvalue weighted by Gasteiger charge is -1.71. The van der Waals surface area contributed by atoms with Gasteiger partial charge in [0.2, 0.25) is 5.91 Å². The standard InChI is InChI=1S/C3H4N2O.CH4N2O/c4-2-1-3(5)6;2-1(3)4/h1H2,(H2,5,6);(H4,2,3,4). The molecule has 0 aromatic heterocycles. The summed E-state index contributed by atoms with van der Waals surface area (Å²) in [4.78, 5) is 18.6. The Bertz CT molecular complexity index is 155. The number of hydrogen-bond acceptors (Lipinski definition) is 3. The molecule has 0 bridgehead atoms. The van der Waals surface area contributed by atoms with Gasteiger partial charge >= 0.3 is 6.03 Å². The Hall–Kier alpha value is -1.77. The number of amides is 3. The summed E-state index contributed by atoms with van der Waals surface area (Å²) < 4.78 is 0. The van der Waals surface area contributed by atoms with Gasteiger partial charge in [0.15, 0.2) is 0 Å². The van der Waals surface area contributed by atoms with Crippen LogP contribution >= 0.6 is 0 Å². The van der Waals surface area contributed by atoms with Crippen LogP contribution in [0, 0.1) is 11.3 Å². The lowest BCUT2D eigenvalue weighted by Crippen LogP contribution is -2.18. The molecule has 0 saturated carbocycles. The molecule has 0 fully saturated rings. The molecule has 0 aromatic rings. The molecule has 0 aliphatic heterocycles. The zero-order valence-corrected chi connectivity index (χ0v) is 5.20. The maximum absolute atomic E-state index is 9.60. The van der Waals surface area contributed by atoms with Gasteiger partial charge in [-0.25, -0.2) is 4.79 Å². The Balaban J connectivity index is 0. The molecule has 3 amide bonds. The molecule has 0 heterocycles. The van der Waals surface area contributed by atoms with E-state index in [1.165, 1.54) is 0 Å². The molecule has 56 valence electrons. The van der Waals surface area contributed by atoms with Gasteiger partial charge in [0.05, 0.1) is 6.07 Å². The molecule has 6 N–H and O–H groups in total. The van der Waals surface area contributed by atoms with Gasteiger partial charge in [0.1, 0.15) is 6.42 Å². The van der Waals surface area contributed by atoms with Gasteiger partial charge in [0, 0.05) is 0 Å². The van der Waals surface area contributed by atoms with Crippen molar-refractivity contribution in [2.45, 2.75) is 6.42 Å². The monoisotopic (exact) mass is 144 g/mol. The lowest BCUT2D eigenvalue weighted by molar-refractivity contribution is -0.117. The van der Waals surface area contributed by atoms with E-state index in [2.05, 4.69) is 17.2 Å². The molecule has 0 aliphatic carbocycles. The Morgan fingerprint density at radius 3 is 1.60 bits per heavy atom. The highest BCUT2D eigenvalue weighted by molar-refractivity contribution is 5.75. The fraction of sp³-hybridized carbons (Fsp3) is 0.250. The van der Waals surface area contributed by atoms with Crippen LogP contribution < -0.4 is 17.2 Å². The predicted octanol–water partition coefficient (Wildman–Crippen LogP) is -1.59. The third kappa shape index (κ3) is 113. The van der Waals surface area contributed by atoms with Crippen LogP contribution in [0.15, 0.2) is 0 Å². The normalized spacial score (nSPS) is 6.30. The maximum atomic E-state index is 9.60. The Labute approximate surface area is 57.6 Å². The van der Waals surface area contributed by atoms with E-state index < -0.39 is 11.9 Å². The van der Waals surface area contributed by atoms with Crippen LogP contribution in [0.1, 0.15) is 6.42 Å². The third-order valence-electron chi connectivity index (χ3n) is 0.253. The summed E-state index contributed by atoms with van der Waals surface area (Å²) in [5.74, 6) is -0.572. The molecular formula is C4H8N4O2. The molecule has 6 nitrogen and oxygen atoms in total. The molecule has 0 aromatic carbocycles. The average Bonchev–Trinajstić information content (AvgIpc) is 1.62. The van der Waals surface area contributed by atoms with Crippen molar-refractivity contribution in [2.75, 3.05) is 0 Å². The Morgan fingerprint density at radius 1 is 1.30 bits per heavy atom. The fourth-order valence-electron chi connectivity index (χ4n) is 0.0779. The van der Waals surface area contributed by atoms with Crippen LogP contribution in [0.2, 0.25) is 0 Å². The summed E-state index contributed by atoms with van der Waals surface area (Å²) in [5, 5.41) is 7.69. The SMILES string of the molecule is N#CCC(N)=O.NC(N)=O. The van der Waals surface area contributed by atoms with E-state index in [1.807, 2.05) is 0 Å². The molecule has 0 unspecified atom stereocenters. The molecule has 0 spiro atoms. The van der Waals surface area contributed by atoms with Crippen molar-refractivity contribution < 1.29 is 9.59 Å². The quantitative estimate of drug-likeness (QED) is 0.409. The summed E-state index contributed by atoms with van der Waals surface area (Å²) in [6, 6.07) is 0.759. The highest BCUT2D eigenvalue weighted by atomic mass is 16.2. The minimum Gasteiger partial charge on any atom is -0.369 e. The van der Waals surface area contributed by atoms with E-state index in [0.29, 0.717) is 0 Å². The average molecular weight is 144 g/mol. The van der Waals surface area contributed by atoms with E-state index >= 15 is 0 Å².